The number of carbonyl (C=O) groups excluding carboxylic acids is 3. The van der Waals surface area contributed by atoms with Crippen molar-refractivity contribution in [3.63, 3.8) is 0 Å². The lowest BCUT2D eigenvalue weighted by atomic mass is 9.97. The lowest BCUT2D eigenvalue weighted by Gasteiger charge is -2.33. The van der Waals surface area contributed by atoms with Gasteiger partial charge in [0.05, 0.1) is 11.7 Å². The molecule has 28 heavy (non-hydrogen) atoms. The third-order valence-electron chi connectivity index (χ3n) is 5.61. The number of hydrogen-bond donors (Lipinski definition) is 3. The van der Waals surface area contributed by atoms with E-state index in [1.54, 1.807) is 18.2 Å². The van der Waals surface area contributed by atoms with Gasteiger partial charge in [0.2, 0.25) is 5.91 Å². The first-order chi connectivity index (χ1) is 13.6. The summed E-state index contributed by atoms with van der Waals surface area (Å²) in [6.07, 6.45) is 3.84. The zero-order valence-electron chi connectivity index (χ0n) is 15.8. The van der Waals surface area contributed by atoms with Crippen molar-refractivity contribution in [3.8, 4) is 5.75 Å². The highest BCUT2D eigenvalue weighted by Crippen LogP contribution is 2.29. The van der Waals surface area contributed by atoms with E-state index in [2.05, 4.69) is 16.0 Å². The number of ether oxygens (including phenoxy) is 1. The summed E-state index contributed by atoms with van der Waals surface area (Å²) in [6, 6.07) is 5.05. The summed E-state index contributed by atoms with van der Waals surface area (Å²) in [5.74, 6) is 0.615. The van der Waals surface area contributed by atoms with Crippen molar-refractivity contribution >= 4 is 23.4 Å². The maximum Gasteiger partial charge on any atom is 0.262 e. The number of fused-ring (bicyclic) bond motifs is 1. The van der Waals surface area contributed by atoms with Crippen LogP contribution in [0.2, 0.25) is 0 Å². The van der Waals surface area contributed by atoms with Crippen LogP contribution in [0.25, 0.3) is 0 Å². The molecule has 4 rings (SSSR count). The van der Waals surface area contributed by atoms with Crippen molar-refractivity contribution in [1.29, 1.82) is 0 Å². The van der Waals surface area contributed by atoms with Gasteiger partial charge in [0.25, 0.3) is 11.8 Å². The van der Waals surface area contributed by atoms with E-state index in [0.717, 1.165) is 32.2 Å². The molecule has 0 saturated carbocycles. The molecule has 150 valence electrons. The second kappa shape index (κ2) is 8.18. The minimum Gasteiger partial charge on any atom is -0.482 e. The molecule has 3 amide bonds. The number of carbonyl (C=O) groups is 3. The Labute approximate surface area is 164 Å². The summed E-state index contributed by atoms with van der Waals surface area (Å²) in [7, 11) is 0. The normalized spacial score (nSPS) is 24.1. The lowest BCUT2D eigenvalue weighted by Crippen LogP contribution is -2.46. The highest BCUT2D eigenvalue weighted by atomic mass is 16.5. The SMILES string of the molecule is O=C1COc2ccc(C(=O)N3CCCC(CNC(=O)C4CCCN4)C3)cc2N1. The van der Waals surface area contributed by atoms with Crippen LogP contribution in [0, 0.1) is 5.92 Å². The molecule has 0 spiro atoms. The van der Waals surface area contributed by atoms with Crippen molar-refractivity contribution in [1.82, 2.24) is 15.5 Å². The van der Waals surface area contributed by atoms with Gasteiger partial charge in [0.1, 0.15) is 5.75 Å². The average Bonchev–Trinajstić information content (AvgIpc) is 3.26. The van der Waals surface area contributed by atoms with Crippen molar-refractivity contribution < 1.29 is 19.1 Å². The highest BCUT2D eigenvalue weighted by Gasteiger charge is 2.27. The van der Waals surface area contributed by atoms with E-state index in [9.17, 15) is 14.4 Å². The first-order valence-corrected chi connectivity index (χ1v) is 9.97. The molecule has 2 fully saturated rings. The van der Waals surface area contributed by atoms with E-state index in [4.69, 9.17) is 4.74 Å². The van der Waals surface area contributed by atoms with Crippen LogP contribution >= 0.6 is 0 Å². The van der Waals surface area contributed by atoms with Crippen molar-refractivity contribution in [2.75, 3.05) is 38.1 Å². The monoisotopic (exact) mass is 386 g/mol. The van der Waals surface area contributed by atoms with E-state index >= 15 is 0 Å². The van der Waals surface area contributed by atoms with Gasteiger partial charge in [0.15, 0.2) is 6.61 Å². The van der Waals surface area contributed by atoms with Gasteiger partial charge in [-0.05, 0) is 56.3 Å². The summed E-state index contributed by atoms with van der Waals surface area (Å²) >= 11 is 0. The molecule has 0 aromatic heterocycles. The van der Waals surface area contributed by atoms with E-state index in [-0.39, 0.29) is 36.3 Å². The zero-order valence-corrected chi connectivity index (χ0v) is 15.8. The van der Waals surface area contributed by atoms with Crippen LogP contribution in [-0.4, -0.2) is 61.4 Å². The maximum atomic E-state index is 12.9. The summed E-state index contributed by atoms with van der Waals surface area (Å²) in [5, 5.41) is 8.98. The number of nitrogens with zero attached hydrogens (tertiary/aromatic N) is 1. The van der Waals surface area contributed by atoms with E-state index in [1.807, 2.05) is 4.90 Å². The third kappa shape index (κ3) is 4.11. The van der Waals surface area contributed by atoms with Crippen LogP contribution < -0.4 is 20.7 Å². The first-order valence-electron chi connectivity index (χ1n) is 9.97. The van der Waals surface area contributed by atoms with Gasteiger partial charge in [-0.3, -0.25) is 14.4 Å². The Bertz CT molecular complexity index is 775. The van der Waals surface area contributed by atoms with Crippen LogP contribution in [0.5, 0.6) is 5.75 Å². The van der Waals surface area contributed by atoms with Crippen molar-refractivity contribution in [3.05, 3.63) is 23.8 Å². The molecule has 2 unspecified atom stereocenters. The van der Waals surface area contributed by atoms with E-state index in [0.29, 0.717) is 36.6 Å². The zero-order chi connectivity index (χ0) is 19.5. The van der Waals surface area contributed by atoms with Gasteiger partial charge in [-0.25, -0.2) is 0 Å². The molecule has 0 aliphatic carbocycles. The van der Waals surface area contributed by atoms with Gasteiger partial charge >= 0.3 is 0 Å². The Balaban J connectivity index is 1.35. The number of benzene rings is 1. The van der Waals surface area contributed by atoms with Crippen LogP contribution in [0.4, 0.5) is 5.69 Å². The van der Waals surface area contributed by atoms with Crippen LogP contribution in [0.3, 0.4) is 0 Å². The summed E-state index contributed by atoms with van der Waals surface area (Å²) < 4.78 is 5.35. The van der Waals surface area contributed by atoms with Gasteiger partial charge in [-0.1, -0.05) is 0 Å². The molecular formula is C20H26N4O4. The number of likely N-dealkylation sites (tertiary alicyclic amines) is 1. The molecule has 2 saturated heterocycles. The predicted molar refractivity (Wildman–Crippen MR) is 103 cm³/mol. The lowest BCUT2D eigenvalue weighted by molar-refractivity contribution is -0.123. The number of piperidine rings is 1. The number of anilines is 1. The molecular weight excluding hydrogens is 360 g/mol. The molecule has 3 aliphatic rings. The van der Waals surface area contributed by atoms with Crippen molar-refractivity contribution in [2.45, 2.75) is 31.7 Å². The molecule has 0 bridgehead atoms. The van der Waals surface area contributed by atoms with Gasteiger partial charge in [-0.15, -0.1) is 0 Å². The molecule has 1 aromatic carbocycles. The second-order valence-electron chi connectivity index (χ2n) is 7.70. The minimum atomic E-state index is -0.220. The molecule has 0 radical (unpaired) electrons. The van der Waals surface area contributed by atoms with Crippen LogP contribution in [-0.2, 0) is 9.59 Å². The number of nitrogens with one attached hydrogen (secondary N) is 3. The number of rotatable bonds is 4. The fraction of sp³-hybridized carbons (Fsp3) is 0.550. The summed E-state index contributed by atoms with van der Waals surface area (Å²) in [6.45, 7) is 2.81. The fourth-order valence-corrected chi connectivity index (χ4v) is 4.09. The Hall–Kier alpha value is -2.61. The third-order valence-corrected chi connectivity index (χ3v) is 5.61. The minimum absolute atomic E-state index is 0.00377. The number of hydrogen-bond acceptors (Lipinski definition) is 5. The van der Waals surface area contributed by atoms with E-state index < -0.39 is 0 Å². The maximum absolute atomic E-state index is 12.9. The smallest absolute Gasteiger partial charge is 0.262 e. The number of amides is 3. The van der Waals surface area contributed by atoms with Gasteiger partial charge in [0, 0.05) is 25.2 Å². The molecule has 2 atom stereocenters. The quantitative estimate of drug-likeness (QED) is 0.709. The largest absolute Gasteiger partial charge is 0.482 e. The Kier molecular flexibility index (Phi) is 5.47. The standard InChI is InChI=1S/C20H26N4O4/c25-18-12-28-17-6-5-14(9-16(17)23-18)20(27)24-8-2-3-13(11-24)10-22-19(26)15-4-1-7-21-15/h5-6,9,13,15,21H,1-4,7-8,10-12H2,(H,22,26)(H,23,25). The van der Waals surface area contributed by atoms with Gasteiger partial charge < -0.3 is 25.6 Å². The fourth-order valence-electron chi connectivity index (χ4n) is 4.09. The topological polar surface area (TPSA) is 99.8 Å². The Morgan fingerprint density at radius 3 is 2.96 bits per heavy atom. The summed E-state index contributed by atoms with van der Waals surface area (Å²) in [4.78, 5) is 38.5. The molecule has 1 aromatic rings. The molecule has 8 nitrogen and oxygen atoms in total. The predicted octanol–water partition coefficient (Wildman–Crippen LogP) is 0.738. The molecule has 3 N–H and O–H groups in total. The highest BCUT2D eigenvalue weighted by molar-refractivity contribution is 5.99. The Morgan fingerprint density at radius 1 is 1.25 bits per heavy atom. The van der Waals surface area contributed by atoms with Gasteiger partial charge in [-0.2, -0.15) is 0 Å². The molecule has 3 heterocycles. The average molecular weight is 386 g/mol. The van der Waals surface area contributed by atoms with Crippen LogP contribution in [0.15, 0.2) is 18.2 Å². The first kappa shape index (κ1) is 18.7. The second-order valence-corrected chi connectivity index (χ2v) is 7.70. The van der Waals surface area contributed by atoms with Crippen molar-refractivity contribution in [2.24, 2.45) is 5.92 Å². The van der Waals surface area contributed by atoms with Crippen LogP contribution in [0.1, 0.15) is 36.0 Å². The van der Waals surface area contributed by atoms with E-state index in [1.165, 1.54) is 0 Å². The summed E-state index contributed by atoms with van der Waals surface area (Å²) in [5.41, 5.74) is 1.07. The Morgan fingerprint density at radius 2 is 2.14 bits per heavy atom. The molecule has 8 heteroatoms. The molecule has 3 aliphatic heterocycles.